The second kappa shape index (κ2) is 5.88. The first kappa shape index (κ1) is 15.3. The zero-order chi connectivity index (χ0) is 16.6. The van der Waals surface area contributed by atoms with Crippen LogP contribution in [0.5, 0.6) is 0 Å². The number of rotatable bonds is 3. The van der Waals surface area contributed by atoms with Crippen LogP contribution in [-0.2, 0) is 16.6 Å². The highest BCUT2D eigenvalue weighted by Gasteiger charge is 2.30. The Labute approximate surface area is 131 Å². The molecule has 23 heavy (non-hydrogen) atoms. The van der Waals surface area contributed by atoms with E-state index in [1.165, 1.54) is 9.47 Å². The fourth-order valence-corrected chi connectivity index (χ4v) is 2.82. The maximum Gasteiger partial charge on any atom is 0.326 e. The average molecular weight is 319 g/mol. The van der Waals surface area contributed by atoms with Gasteiger partial charge in [0.25, 0.3) is 5.91 Å². The lowest BCUT2D eigenvalue weighted by molar-refractivity contribution is -0.139. The molecule has 1 aliphatic heterocycles. The number of carboxylic acid groups (broad SMARTS) is 1. The maximum absolute atomic E-state index is 12.7. The average Bonchev–Trinajstić information content (AvgIpc) is 2.81. The number of carbonyl (C=O) groups excluding carboxylic acids is 1. The molecule has 122 valence electrons. The first-order valence-electron chi connectivity index (χ1n) is 7.26. The summed E-state index contributed by atoms with van der Waals surface area (Å²) in [5, 5.41) is 8.98. The molecule has 2 heterocycles. The van der Waals surface area contributed by atoms with E-state index in [0.29, 0.717) is 29.7 Å². The Morgan fingerprint density at radius 3 is 2.96 bits per heavy atom. The fourth-order valence-electron chi connectivity index (χ4n) is 2.82. The minimum absolute atomic E-state index is 0.156. The van der Waals surface area contributed by atoms with Gasteiger partial charge >= 0.3 is 11.7 Å². The Morgan fingerprint density at radius 2 is 2.22 bits per heavy atom. The number of hydrogen-bond donors (Lipinski definition) is 2. The zero-order valence-electron chi connectivity index (χ0n) is 12.6. The lowest BCUT2D eigenvalue weighted by Gasteiger charge is -2.34. The number of imidazole rings is 1. The lowest BCUT2D eigenvalue weighted by atomic mass is 10.1. The number of nitrogens with zero attached hydrogens (tertiary/aromatic N) is 2. The van der Waals surface area contributed by atoms with E-state index in [0.717, 1.165) is 0 Å². The number of H-pyrrole nitrogens is 1. The fraction of sp³-hybridized carbons (Fsp3) is 0.400. The van der Waals surface area contributed by atoms with Gasteiger partial charge in [0.15, 0.2) is 0 Å². The van der Waals surface area contributed by atoms with Gasteiger partial charge in [-0.3, -0.25) is 14.2 Å². The summed E-state index contributed by atoms with van der Waals surface area (Å²) in [6.45, 7) is 0.941. The molecule has 0 spiro atoms. The molecule has 1 saturated heterocycles. The highest BCUT2D eigenvalue weighted by Crippen LogP contribution is 2.18. The number of aromatic amines is 1. The van der Waals surface area contributed by atoms with Crippen LogP contribution in [0.4, 0.5) is 0 Å². The molecule has 1 aliphatic rings. The molecule has 0 bridgehead atoms. The summed E-state index contributed by atoms with van der Waals surface area (Å²) in [7, 11) is 1.62. The van der Waals surface area contributed by atoms with Gasteiger partial charge in [0, 0.05) is 19.2 Å². The van der Waals surface area contributed by atoms with Gasteiger partial charge < -0.3 is 19.7 Å². The molecule has 0 saturated carbocycles. The van der Waals surface area contributed by atoms with Crippen molar-refractivity contribution in [3.63, 3.8) is 0 Å². The maximum atomic E-state index is 12.7. The highest BCUT2D eigenvalue weighted by molar-refractivity contribution is 5.97. The quantitative estimate of drug-likeness (QED) is 0.840. The first-order valence-corrected chi connectivity index (χ1v) is 7.26. The number of benzene rings is 1. The molecule has 8 nitrogen and oxygen atoms in total. The van der Waals surface area contributed by atoms with Crippen LogP contribution in [0.15, 0.2) is 23.0 Å². The van der Waals surface area contributed by atoms with E-state index in [2.05, 4.69) is 4.98 Å². The van der Waals surface area contributed by atoms with E-state index in [4.69, 9.17) is 9.84 Å². The molecule has 0 aliphatic carbocycles. The number of aromatic nitrogens is 2. The van der Waals surface area contributed by atoms with Crippen LogP contribution >= 0.6 is 0 Å². The van der Waals surface area contributed by atoms with Crippen molar-refractivity contribution < 1.29 is 19.4 Å². The Morgan fingerprint density at radius 1 is 1.43 bits per heavy atom. The third-order valence-electron chi connectivity index (χ3n) is 4.05. The van der Waals surface area contributed by atoms with Gasteiger partial charge in [0.1, 0.15) is 0 Å². The second-order valence-corrected chi connectivity index (χ2v) is 5.55. The van der Waals surface area contributed by atoms with Crippen LogP contribution < -0.4 is 5.69 Å². The summed E-state index contributed by atoms with van der Waals surface area (Å²) >= 11 is 0. The van der Waals surface area contributed by atoms with E-state index in [1.807, 2.05) is 0 Å². The minimum atomic E-state index is -0.971. The lowest BCUT2D eigenvalue weighted by Crippen LogP contribution is -2.49. The second-order valence-electron chi connectivity index (χ2n) is 5.55. The number of ether oxygens (including phenoxy) is 1. The van der Waals surface area contributed by atoms with Gasteiger partial charge in [-0.15, -0.1) is 0 Å². The van der Waals surface area contributed by atoms with Gasteiger partial charge in [0.05, 0.1) is 36.7 Å². The molecular weight excluding hydrogens is 302 g/mol. The number of hydrogen-bond acceptors (Lipinski definition) is 4. The van der Waals surface area contributed by atoms with E-state index in [-0.39, 0.29) is 24.6 Å². The van der Waals surface area contributed by atoms with Crippen molar-refractivity contribution in [3.8, 4) is 0 Å². The molecule has 1 amide bonds. The van der Waals surface area contributed by atoms with Gasteiger partial charge in [-0.2, -0.15) is 0 Å². The molecule has 1 aromatic carbocycles. The number of morpholine rings is 1. The summed E-state index contributed by atoms with van der Waals surface area (Å²) in [5.41, 5.74) is 1.45. The Hall–Kier alpha value is -2.61. The number of carboxylic acids is 1. The highest BCUT2D eigenvalue weighted by atomic mass is 16.5. The number of aliphatic carboxylic acids is 1. The third kappa shape index (κ3) is 2.85. The molecule has 0 unspecified atom stereocenters. The van der Waals surface area contributed by atoms with E-state index < -0.39 is 12.0 Å². The smallest absolute Gasteiger partial charge is 0.326 e. The molecular formula is C15H17N3O5. The van der Waals surface area contributed by atoms with Crippen molar-refractivity contribution in [1.82, 2.24) is 14.5 Å². The summed E-state index contributed by atoms with van der Waals surface area (Å²) < 4.78 is 6.71. The Kier molecular flexibility index (Phi) is 3.91. The minimum Gasteiger partial charge on any atom is -0.481 e. The van der Waals surface area contributed by atoms with Crippen LogP contribution in [0.25, 0.3) is 11.0 Å². The van der Waals surface area contributed by atoms with Crippen molar-refractivity contribution in [2.45, 2.75) is 12.5 Å². The number of fused-ring (bicyclic) bond motifs is 1. The molecule has 2 aromatic rings. The van der Waals surface area contributed by atoms with Crippen molar-refractivity contribution >= 4 is 22.9 Å². The van der Waals surface area contributed by atoms with Gasteiger partial charge in [0.2, 0.25) is 0 Å². The predicted molar refractivity (Wildman–Crippen MR) is 81.4 cm³/mol. The number of amides is 1. The molecule has 1 atom stereocenters. The van der Waals surface area contributed by atoms with Crippen molar-refractivity contribution in [3.05, 3.63) is 34.2 Å². The summed E-state index contributed by atoms with van der Waals surface area (Å²) in [4.78, 5) is 39.5. The standard InChI is InChI=1S/C15H17N3O5/c1-17-12-6-9(2-3-11(12)16-15(17)22)14(21)18-4-5-23-8-10(18)7-13(19)20/h2-3,6,10H,4-5,7-8H2,1H3,(H,16,22)(H,19,20)/t10-/m1/s1. The molecule has 1 aromatic heterocycles. The number of aryl methyl sites for hydroxylation is 1. The van der Waals surface area contributed by atoms with Crippen molar-refractivity contribution in [2.75, 3.05) is 19.8 Å². The molecule has 3 rings (SSSR count). The van der Waals surface area contributed by atoms with Crippen molar-refractivity contribution in [2.24, 2.45) is 7.05 Å². The zero-order valence-corrected chi connectivity index (χ0v) is 12.6. The van der Waals surface area contributed by atoms with E-state index >= 15 is 0 Å². The third-order valence-corrected chi connectivity index (χ3v) is 4.05. The number of carbonyl (C=O) groups is 2. The largest absolute Gasteiger partial charge is 0.481 e. The van der Waals surface area contributed by atoms with E-state index in [1.54, 1.807) is 25.2 Å². The normalized spacial score (nSPS) is 18.3. The van der Waals surface area contributed by atoms with Crippen LogP contribution in [-0.4, -0.2) is 57.2 Å². The van der Waals surface area contributed by atoms with Gasteiger partial charge in [-0.05, 0) is 18.2 Å². The predicted octanol–water partition coefficient (Wildman–Crippen LogP) is 0.182. The summed E-state index contributed by atoms with van der Waals surface area (Å²) in [6.07, 6.45) is -0.156. The van der Waals surface area contributed by atoms with Crippen LogP contribution in [0.1, 0.15) is 16.8 Å². The molecule has 0 radical (unpaired) electrons. The SMILES string of the molecule is Cn1c(=O)[nH]c2ccc(C(=O)N3CCOC[C@H]3CC(=O)O)cc21. The Balaban J connectivity index is 1.93. The molecule has 2 N–H and O–H groups in total. The van der Waals surface area contributed by atoms with Gasteiger partial charge in [-0.25, -0.2) is 4.79 Å². The first-order chi connectivity index (χ1) is 11.0. The summed E-state index contributed by atoms with van der Waals surface area (Å²) in [5.74, 6) is -1.23. The topological polar surface area (TPSA) is 105 Å². The van der Waals surface area contributed by atoms with E-state index in [9.17, 15) is 14.4 Å². The summed E-state index contributed by atoms with van der Waals surface area (Å²) in [6, 6.07) is 4.47. The van der Waals surface area contributed by atoms with Crippen molar-refractivity contribution in [1.29, 1.82) is 0 Å². The van der Waals surface area contributed by atoms with Crippen LogP contribution in [0.2, 0.25) is 0 Å². The molecule has 8 heteroatoms. The number of nitrogens with one attached hydrogen (secondary N) is 1. The monoisotopic (exact) mass is 319 g/mol. The van der Waals surface area contributed by atoms with Crippen LogP contribution in [0.3, 0.4) is 0 Å². The Bertz CT molecular complexity index is 822. The van der Waals surface area contributed by atoms with Gasteiger partial charge in [-0.1, -0.05) is 0 Å². The van der Waals surface area contributed by atoms with Crippen LogP contribution in [0, 0.1) is 0 Å². The molecule has 1 fully saturated rings.